The predicted molar refractivity (Wildman–Crippen MR) is 71.5 cm³/mol. The summed E-state index contributed by atoms with van der Waals surface area (Å²) in [5.41, 5.74) is 1.01. The SMILES string of the molecule is OC(c1ccc(OC2CC2)cc1)C1CC=CCC1. The van der Waals surface area contributed by atoms with E-state index < -0.39 is 0 Å². The summed E-state index contributed by atoms with van der Waals surface area (Å²) in [4.78, 5) is 0. The summed E-state index contributed by atoms with van der Waals surface area (Å²) in [7, 11) is 0. The smallest absolute Gasteiger partial charge is 0.119 e. The third-order valence-corrected chi connectivity index (χ3v) is 3.80. The van der Waals surface area contributed by atoms with Crippen molar-refractivity contribution >= 4 is 0 Å². The number of aliphatic hydroxyl groups excluding tert-OH is 1. The zero-order valence-corrected chi connectivity index (χ0v) is 10.6. The van der Waals surface area contributed by atoms with Gasteiger partial charge in [-0.15, -0.1) is 0 Å². The van der Waals surface area contributed by atoms with Crippen LogP contribution in [0.25, 0.3) is 0 Å². The van der Waals surface area contributed by atoms with Crippen molar-refractivity contribution in [3.8, 4) is 5.75 Å². The van der Waals surface area contributed by atoms with Crippen molar-refractivity contribution in [1.82, 2.24) is 0 Å². The fourth-order valence-electron chi connectivity index (χ4n) is 2.50. The highest BCUT2D eigenvalue weighted by atomic mass is 16.5. The zero-order valence-electron chi connectivity index (χ0n) is 10.6. The van der Waals surface area contributed by atoms with E-state index >= 15 is 0 Å². The highest BCUT2D eigenvalue weighted by Gasteiger charge is 2.24. The first-order valence-electron chi connectivity index (χ1n) is 6.92. The largest absolute Gasteiger partial charge is 0.490 e. The Morgan fingerprint density at radius 2 is 1.83 bits per heavy atom. The van der Waals surface area contributed by atoms with Gasteiger partial charge in [0.1, 0.15) is 5.75 Å². The first-order valence-corrected chi connectivity index (χ1v) is 6.92. The third kappa shape index (κ3) is 2.75. The van der Waals surface area contributed by atoms with Gasteiger partial charge >= 0.3 is 0 Å². The maximum Gasteiger partial charge on any atom is 0.119 e. The predicted octanol–water partition coefficient (Wildman–Crippen LogP) is 3.62. The number of ether oxygens (including phenoxy) is 1. The number of hydrogen-bond donors (Lipinski definition) is 1. The quantitative estimate of drug-likeness (QED) is 0.820. The van der Waals surface area contributed by atoms with Crippen molar-refractivity contribution in [2.45, 2.75) is 44.3 Å². The van der Waals surface area contributed by atoms with E-state index in [1.54, 1.807) is 0 Å². The van der Waals surface area contributed by atoms with Crippen LogP contribution < -0.4 is 4.74 Å². The van der Waals surface area contributed by atoms with Gasteiger partial charge in [0.05, 0.1) is 12.2 Å². The molecule has 1 aromatic rings. The van der Waals surface area contributed by atoms with E-state index in [9.17, 15) is 5.11 Å². The van der Waals surface area contributed by atoms with Crippen LogP contribution >= 0.6 is 0 Å². The molecule has 2 heteroatoms. The lowest BCUT2D eigenvalue weighted by molar-refractivity contribution is 0.102. The standard InChI is InChI=1S/C16H20O2/c17-16(12-4-2-1-3-5-12)13-6-8-14(9-7-13)18-15-10-11-15/h1-2,6-9,12,15-17H,3-5,10-11H2. The zero-order chi connectivity index (χ0) is 12.4. The minimum Gasteiger partial charge on any atom is -0.490 e. The van der Waals surface area contributed by atoms with Gasteiger partial charge in [0.2, 0.25) is 0 Å². The molecule has 0 aromatic heterocycles. The molecule has 0 saturated heterocycles. The van der Waals surface area contributed by atoms with E-state index in [2.05, 4.69) is 12.2 Å². The van der Waals surface area contributed by atoms with Crippen LogP contribution in [0.4, 0.5) is 0 Å². The van der Waals surface area contributed by atoms with Crippen molar-refractivity contribution in [2.75, 3.05) is 0 Å². The molecule has 3 rings (SSSR count). The third-order valence-electron chi connectivity index (χ3n) is 3.80. The van der Waals surface area contributed by atoms with Gasteiger partial charge in [0.25, 0.3) is 0 Å². The summed E-state index contributed by atoms with van der Waals surface area (Å²) in [6.07, 6.45) is 9.99. The first-order chi connectivity index (χ1) is 8.83. The van der Waals surface area contributed by atoms with Crippen LogP contribution in [0, 0.1) is 5.92 Å². The number of allylic oxidation sites excluding steroid dienone is 2. The van der Waals surface area contributed by atoms with Gasteiger partial charge in [-0.2, -0.15) is 0 Å². The topological polar surface area (TPSA) is 29.5 Å². The van der Waals surface area contributed by atoms with E-state index in [1.165, 1.54) is 12.8 Å². The molecule has 2 unspecified atom stereocenters. The molecule has 0 radical (unpaired) electrons. The van der Waals surface area contributed by atoms with Gasteiger partial charge in [-0.05, 0) is 55.7 Å². The lowest BCUT2D eigenvalue weighted by Gasteiger charge is -2.24. The lowest BCUT2D eigenvalue weighted by Crippen LogP contribution is -2.13. The Labute approximate surface area is 108 Å². The monoisotopic (exact) mass is 244 g/mol. The first kappa shape index (κ1) is 11.8. The van der Waals surface area contributed by atoms with Gasteiger partial charge < -0.3 is 9.84 Å². The molecule has 2 atom stereocenters. The van der Waals surface area contributed by atoms with Gasteiger partial charge in [0, 0.05) is 0 Å². The average molecular weight is 244 g/mol. The van der Waals surface area contributed by atoms with Crippen LogP contribution in [0.1, 0.15) is 43.8 Å². The van der Waals surface area contributed by atoms with Crippen molar-refractivity contribution < 1.29 is 9.84 Å². The van der Waals surface area contributed by atoms with Crippen LogP contribution in [0.3, 0.4) is 0 Å². The molecule has 2 aliphatic rings. The van der Waals surface area contributed by atoms with E-state index in [0.29, 0.717) is 12.0 Å². The number of aliphatic hydroxyl groups is 1. The molecule has 0 heterocycles. The molecule has 1 N–H and O–H groups in total. The molecule has 18 heavy (non-hydrogen) atoms. The van der Waals surface area contributed by atoms with Crippen LogP contribution in [0.2, 0.25) is 0 Å². The fraction of sp³-hybridized carbons (Fsp3) is 0.500. The van der Waals surface area contributed by atoms with E-state index in [-0.39, 0.29) is 6.10 Å². The summed E-state index contributed by atoms with van der Waals surface area (Å²) in [5, 5.41) is 10.4. The van der Waals surface area contributed by atoms with Gasteiger partial charge in [0.15, 0.2) is 0 Å². The molecule has 96 valence electrons. The highest BCUT2D eigenvalue weighted by Crippen LogP contribution is 2.33. The van der Waals surface area contributed by atoms with Crippen LogP contribution in [-0.4, -0.2) is 11.2 Å². The second-order valence-corrected chi connectivity index (χ2v) is 5.38. The second-order valence-electron chi connectivity index (χ2n) is 5.38. The van der Waals surface area contributed by atoms with Gasteiger partial charge in [-0.25, -0.2) is 0 Å². The van der Waals surface area contributed by atoms with Crippen molar-refractivity contribution in [3.63, 3.8) is 0 Å². The normalized spacial score (nSPS) is 24.8. The van der Waals surface area contributed by atoms with Gasteiger partial charge in [-0.3, -0.25) is 0 Å². The Hall–Kier alpha value is -1.28. The Morgan fingerprint density at radius 3 is 2.44 bits per heavy atom. The summed E-state index contributed by atoms with van der Waals surface area (Å²) in [6.45, 7) is 0. The van der Waals surface area contributed by atoms with Crippen molar-refractivity contribution in [3.05, 3.63) is 42.0 Å². The summed E-state index contributed by atoms with van der Waals surface area (Å²) in [5.74, 6) is 1.29. The summed E-state index contributed by atoms with van der Waals surface area (Å²) < 4.78 is 5.71. The molecular weight excluding hydrogens is 224 g/mol. The van der Waals surface area contributed by atoms with E-state index in [4.69, 9.17) is 4.74 Å². The molecule has 0 spiro atoms. The molecule has 1 aromatic carbocycles. The molecule has 2 nitrogen and oxygen atoms in total. The van der Waals surface area contributed by atoms with Crippen LogP contribution in [0.15, 0.2) is 36.4 Å². The number of rotatable bonds is 4. The molecular formula is C16H20O2. The van der Waals surface area contributed by atoms with E-state index in [1.807, 2.05) is 24.3 Å². The Morgan fingerprint density at radius 1 is 1.06 bits per heavy atom. The Bertz CT molecular complexity index is 417. The minimum absolute atomic E-state index is 0.343. The molecule has 2 aliphatic carbocycles. The summed E-state index contributed by atoms with van der Waals surface area (Å²) in [6, 6.07) is 7.96. The maximum atomic E-state index is 10.4. The number of benzene rings is 1. The van der Waals surface area contributed by atoms with E-state index in [0.717, 1.165) is 30.6 Å². The van der Waals surface area contributed by atoms with Crippen LogP contribution in [-0.2, 0) is 0 Å². The van der Waals surface area contributed by atoms with Crippen molar-refractivity contribution in [1.29, 1.82) is 0 Å². The molecule has 0 aliphatic heterocycles. The van der Waals surface area contributed by atoms with Crippen molar-refractivity contribution in [2.24, 2.45) is 5.92 Å². The fourth-order valence-corrected chi connectivity index (χ4v) is 2.50. The van der Waals surface area contributed by atoms with Crippen LogP contribution in [0.5, 0.6) is 5.75 Å². The summed E-state index contributed by atoms with van der Waals surface area (Å²) >= 11 is 0. The lowest BCUT2D eigenvalue weighted by atomic mass is 9.86. The minimum atomic E-state index is -0.343. The van der Waals surface area contributed by atoms with Gasteiger partial charge in [-0.1, -0.05) is 24.3 Å². The second kappa shape index (κ2) is 5.15. The Balaban J connectivity index is 1.65. The molecule has 0 amide bonds. The number of hydrogen-bond acceptors (Lipinski definition) is 2. The Kier molecular flexibility index (Phi) is 3.37. The average Bonchev–Trinajstić information content (AvgIpc) is 3.24. The molecule has 1 fully saturated rings. The molecule has 0 bridgehead atoms. The maximum absolute atomic E-state index is 10.4. The highest BCUT2D eigenvalue weighted by molar-refractivity contribution is 5.29. The molecule has 1 saturated carbocycles.